The molecule has 0 saturated carbocycles. The van der Waals surface area contributed by atoms with Gasteiger partial charge >= 0.3 is 0 Å². The first kappa shape index (κ1) is 18.0. The van der Waals surface area contributed by atoms with Crippen molar-refractivity contribution >= 4 is 28.6 Å². The van der Waals surface area contributed by atoms with Crippen LogP contribution in [0.5, 0.6) is 17.2 Å². The lowest BCUT2D eigenvalue weighted by Gasteiger charge is -2.10. The van der Waals surface area contributed by atoms with Crippen molar-refractivity contribution < 1.29 is 19.0 Å². The molecule has 0 atom stereocenters. The van der Waals surface area contributed by atoms with Crippen LogP contribution in [0.15, 0.2) is 52.9 Å². The number of hydrogen-bond acceptors (Lipinski definition) is 7. The van der Waals surface area contributed by atoms with Crippen molar-refractivity contribution in [3.63, 3.8) is 0 Å². The summed E-state index contributed by atoms with van der Waals surface area (Å²) in [7, 11) is 1.62. The van der Waals surface area contributed by atoms with Crippen molar-refractivity contribution in [2.24, 2.45) is 5.10 Å². The van der Waals surface area contributed by atoms with Crippen molar-refractivity contribution in [1.82, 2.24) is 4.98 Å². The number of nitrogens with zero attached hydrogens (tertiary/aromatic N) is 3. The number of carbonyl (C=O) groups excluding carboxylic acids is 1. The molecule has 1 amide bonds. The van der Waals surface area contributed by atoms with Gasteiger partial charge in [0.05, 0.1) is 19.0 Å². The smallest absolute Gasteiger partial charge is 0.246 e. The number of amides is 1. The van der Waals surface area contributed by atoms with Crippen LogP contribution in [0.3, 0.4) is 0 Å². The average molecular weight is 395 g/mol. The Bertz CT molecular complexity index is 1030. The number of hydrazone groups is 1. The fourth-order valence-corrected chi connectivity index (χ4v) is 3.47. The Kier molecular flexibility index (Phi) is 4.94. The predicted octanol–water partition coefficient (Wildman–Crippen LogP) is 3.93. The van der Waals surface area contributed by atoms with E-state index in [9.17, 15) is 4.79 Å². The summed E-state index contributed by atoms with van der Waals surface area (Å²) < 4.78 is 15.8. The van der Waals surface area contributed by atoms with Gasteiger partial charge in [-0.2, -0.15) is 10.1 Å². The first-order chi connectivity index (χ1) is 13.6. The lowest BCUT2D eigenvalue weighted by atomic mass is 10.2. The van der Waals surface area contributed by atoms with Crippen molar-refractivity contribution in [2.45, 2.75) is 6.92 Å². The van der Waals surface area contributed by atoms with Gasteiger partial charge in [0, 0.05) is 17.9 Å². The Morgan fingerprint density at radius 3 is 2.75 bits per heavy atom. The molecular weight excluding hydrogens is 378 g/mol. The highest BCUT2D eigenvalue weighted by Gasteiger charge is 2.16. The molecule has 0 unspecified atom stereocenters. The number of thiazole rings is 1. The SMILES string of the molecule is COc1ccc(-c2csc(N(N=Cc3ccc4c(c3)OCO4)C(C)=O)n2)cc1. The molecule has 142 valence electrons. The first-order valence-corrected chi connectivity index (χ1v) is 9.36. The van der Waals surface area contributed by atoms with Gasteiger partial charge in [0.15, 0.2) is 11.5 Å². The molecule has 2 aromatic carbocycles. The van der Waals surface area contributed by atoms with E-state index in [0.29, 0.717) is 16.6 Å². The highest BCUT2D eigenvalue weighted by molar-refractivity contribution is 7.14. The molecule has 8 heteroatoms. The molecule has 0 aliphatic carbocycles. The number of ether oxygens (including phenoxy) is 3. The molecule has 0 bridgehead atoms. The largest absolute Gasteiger partial charge is 0.497 e. The fourth-order valence-electron chi connectivity index (χ4n) is 2.64. The van der Waals surface area contributed by atoms with Crippen LogP contribution in [0, 0.1) is 0 Å². The van der Waals surface area contributed by atoms with Gasteiger partial charge in [0.1, 0.15) is 5.75 Å². The third-order valence-electron chi connectivity index (χ3n) is 4.08. The Balaban J connectivity index is 1.56. The Labute approximate surface area is 165 Å². The van der Waals surface area contributed by atoms with Gasteiger partial charge in [0.2, 0.25) is 17.8 Å². The van der Waals surface area contributed by atoms with E-state index in [-0.39, 0.29) is 12.7 Å². The molecule has 1 aromatic heterocycles. The summed E-state index contributed by atoms with van der Waals surface area (Å²) in [5.41, 5.74) is 2.50. The summed E-state index contributed by atoms with van der Waals surface area (Å²) >= 11 is 1.35. The first-order valence-electron chi connectivity index (χ1n) is 8.48. The molecule has 1 aliphatic rings. The van der Waals surface area contributed by atoms with Crippen LogP contribution in [0.1, 0.15) is 12.5 Å². The number of anilines is 1. The van der Waals surface area contributed by atoms with Crippen LogP contribution in [-0.2, 0) is 4.79 Å². The van der Waals surface area contributed by atoms with Gasteiger partial charge in [-0.05, 0) is 48.0 Å². The van der Waals surface area contributed by atoms with Crippen molar-refractivity contribution in [3.05, 3.63) is 53.4 Å². The summed E-state index contributed by atoms with van der Waals surface area (Å²) in [6.07, 6.45) is 1.60. The minimum atomic E-state index is -0.229. The highest BCUT2D eigenvalue weighted by atomic mass is 32.1. The Morgan fingerprint density at radius 2 is 2.00 bits per heavy atom. The highest BCUT2D eigenvalue weighted by Crippen LogP contribution is 2.32. The van der Waals surface area contributed by atoms with Crippen LogP contribution in [0.4, 0.5) is 5.13 Å². The molecular formula is C20H17N3O4S. The summed E-state index contributed by atoms with van der Waals surface area (Å²) in [6, 6.07) is 13.1. The van der Waals surface area contributed by atoms with Crippen molar-refractivity contribution in [1.29, 1.82) is 0 Å². The summed E-state index contributed by atoms with van der Waals surface area (Å²) in [5.74, 6) is 1.91. The summed E-state index contributed by atoms with van der Waals surface area (Å²) in [6.45, 7) is 1.66. The minimum Gasteiger partial charge on any atom is -0.497 e. The van der Waals surface area contributed by atoms with Crippen LogP contribution in [-0.4, -0.2) is 31.0 Å². The maximum atomic E-state index is 12.1. The Morgan fingerprint density at radius 1 is 1.21 bits per heavy atom. The van der Waals surface area contributed by atoms with E-state index < -0.39 is 0 Å². The van der Waals surface area contributed by atoms with E-state index in [0.717, 1.165) is 22.6 Å². The predicted molar refractivity (Wildman–Crippen MR) is 107 cm³/mol. The normalized spacial score (nSPS) is 12.4. The van der Waals surface area contributed by atoms with Gasteiger partial charge < -0.3 is 14.2 Å². The van der Waals surface area contributed by atoms with Crippen LogP contribution >= 0.6 is 11.3 Å². The van der Waals surface area contributed by atoms with Gasteiger partial charge in [0.25, 0.3) is 0 Å². The van der Waals surface area contributed by atoms with Crippen molar-refractivity contribution in [3.8, 4) is 28.5 Å². The molecule has 1 aliphatic heterocycles. The maximum Gasteiger partial charge on any atom is 0.246 e. The van der Waals surface area contributed by atoms with Crippen molar-refractivity contribution in [2.75, 3.05) is 18.9 Å². The number of benzene rings is 2. The summed E-state index contributed by atoms with van der Waals surface area (Å²) in [5, 5.41) is 7.98. The molecule has 0 N–H and O–H groups in total. The number of hydrogen-bond donors (Lipinski definition) is 0. The van der Waals surface area contributed by atoms with Crippen LogP contribution in [0.2, 0.25) is 0 Å². The zero-order valence-corrected chi connectivity index (χ0v) is 16.1. The minimum absolute atomic E-state index is 0.211. The number of methoxy groups -OCH3 is 1. The third-order valence-corrected chi connectivity index (χ3v) is 4.89. The maximum absolute atomic E-state index is 12.1. The number of rotatable bonds is 5. The van der Waals surface area contributed by atoms with Gasteiger partial charge in [-0.1, -0.05) is 0 Å². The fraction of sp³-hybridized carbons (Fsp3) is 0.150. The third kappa shape index (κ3) is 3.67. The zero-order chi connectivity index (χ0) is 19.5. The molecule has 0 saturated heterocycles. The number of fused-ring (bicyclic) bond motifs is 1. The second kappa shape index (κ2) is 7.69. The van der Waals surface area contributed by atoms with Gasteiger partial charge in [-0.3, -0.25) is 4.79 Å². The Hall–Kier alpha value is -3.39. The topological polar surface area (TPSA) is 73.2 Å². The van der Waals surface area contributed by atoms with Gasteiger partial charge in [-0.15, -0.1) is 11.3 Å². The van der Waals surface area contributed by atoms with E-state index in [4.69, 9.17) is 14.2 Å². The zero-order valence-electron chi connectivity index (χ0n) is 15.3. The second-order valence-electron chi connectivity index (χ2n) is 5.93. The van der Waals surface area contributed by atoms with E-state index in [1.807, 2.05) is 47.8 Å². The van der Waals surface area contributed by atoms with Gasteiger partial charge in [-0.25, -0.2) is 4.98 Å². The molecule has 3 aromatic rings. The molecule has 2 heterocycles. The lowest BCUT2D eigenvalue weighted by molar-refractivity contribution is -0.116. The van der Waals surface area contributed by atoms with E-state index in [1.54, 1.807) is 13.3 Å². The molecule has 28 heavy (non-hydrogen) atoms. The van der Waals surface area contributed by atoms with Crippen LogP contribution in [0.25, 0.3) is 11.3 Å². The summed E-state index contributed by atoms with van der Waals surface area (Å²) in [4.78, 5) is 16.7. The molecule has 7 nitrogen and oxygen atoms in total. The van der Waals surface area contributed by atoms with Crippen LogP contribution < -0.4 is 19.2 Å². The average Bonchev–Trinajstić information content (AvgIpc) is 3.37. The van der Waals surface area contributed by atoms with E-state index in [1.165, 1.54) is 23.3 Å². The standard InChI is InChI=1S/C20H17N3O4S/c1-13(24)23(21-10-14-3-8-18-19(9-14)27-12-26-18)20-22-17(11-28-20)15-4-6-16(25-2)7-5-15/h3-11H,12H2,1-2H3. The molecule has 0 radical (unpaired) electrons. The number of carbonyl (C=O) groups is 1. The second-order valence-corrected chi connectivity index (χ2v) is 6.77. The molecule has 0 fully saturated rings. The quantitative estimate of drug-likeness (QED) is 0.483. The monoisotopic (exact) mass is 395 g/mol. The molecule has 0 spiro atoms. The van der Waals surface area contributed by atoms with E-state index in [2.05, 4.69) is 10.1 Å². The van der Waals surface area contributed by atoms with E-state index >= 15 is 0 Å². The lowest BCUT2D eigenvalue weighted by Crippen LogP contribution is -2.22. The molecule has 4 rings (SSSR count). The number of aromatic nitrogens is 1.